The van der Waals surface area contributed by atoms with Crippen molar-refractivity contribution in [2.75, 3.05) is 0 Å². The van der Waals surface area contributed by atoms with Crippen LogP contribution in [0.5, 0.6) is 0 Å². The van der Waals surface area contributed by atoms with Gasteiger partial charge in [-0.15, -0.1) is 0 Å². The molecular formula is C11H10ClN3O4S. The molecule has 2 rings (SSSR count). The first-order valence-electron chi connectivity index (χ1n) is 5.59. The highest BCUT2D eigenvalue weighted by molar-refractivity contribution is 7.90. The number of benzene rings is 1. The van der Waals surface area contributed by atoms with Crippen molar-refractivity contribution in [2.45, 2.75) is 18.2 Å². The molecule has 0 spiro atoms. The topological polar surface area (TPSA) is 95.1 Å². The Kier molecular flexibility index (Phi) is 3.78. The first-order chi connectivity index (χ1) is 9.37. The van der Waals surface area contributed by atoms with E-state index in [1.807, 2.05) is 0 Å². The number of hydrogen-bond donors (Lipinski definition) is 0. The highest BCUT2D eigenvalue weighted by Gasteiger charge is 2.25. The summed E-state index contributed by atoms with van der Waals surface area (Å²) in [5.74, 6) is 0.326. The van der Waals surface area contributed by atoms with Gasteiger partial charge in [-0.25, -0.2) is 17.4 Å². The first-order valence-corrected chi connectivity index (χ1v) is 7.41. The SMILES string of the molecule is CCc1nccn1S(=O)(=O)c1cc([N+](=O)[O-])ccc1Cl. The lowest BCUT2D eigenvalue weighted by Crippen LogP contribution is -2.15. The van der Waals surface area contributed by atoms with Crippen LogP contribution in [-0.2, 0) is 16.4 Å². The molecular weight excluding hydrogens is 306 g/mol. The summed E-state index contributed by atoms with van der Waals surface area (Å²) in [5, 5.41) is 10.7. The molecule has 0 aliphatic heterocycles. The molecule has 0 saturated carbocycles. The summed E-state index contributed by atoms with van der Waals surface area (Å²) in [6.45, 7) is 1.75. The molecule has 0 bridgehead atoms. The summed E-state index contributed by atoms with van der Waals surface area (Å²) < 4.78 is 25.9. The molecule has 2 aromatic rings. The van der Waals surface area contributed by atoms with E-state index in [0.29, 0.717) is 12.2 Å². The van der Waals surface area contributed by atoms with E-state index in [4.69, 9.17) is 11.6 Å². The van der Waals surface area contributed by atoms with Gasteiger partial charge in [0, 0.05) is 30.9 Å². The van der Waals surface area contributed by atoms with Gasteiger partial charge in [-0.05, 0) is 6.07 Å². The lowest BCUT2D eigenvalue weighted by Gasteiger charge is -2.09. The number of imidazole rings is 1. The Morgan fingerprint density at radius 2 is 2.15 bits per heavy atom. The molecule has 0 fully saturated rings. The summed E-state index contributed by atoms with van der Waals surface area (Å²) in [5.41, 5.74) is -0.342. The van der Waals surface area contributed by atoms with Crippen LogP contribution in [0.15, 0.2) is 35.5 Å². The minimum atomic E-state index is -4.01. The van der Waals surface area contributed by atoms with Crippen molar-refractivity contribution in [3.8, 4) is 0 Å². The maximum absolute atomic E-state index is 12.5. The molecule has 9 heteroatoms. The molecule has 0 radical (unpaired) electrons. The highest BCUT2D eigenvalue weighted by Crippen LogP contribution is 2.28. The molecule has 1 heterocycles. The van der Waals surface area contributed by atoms with Crippen LogP contribution in [0.1, 0.15) is 12.7 Å². The summed E-state index contributed by atoms with van der Waals surface area (Å²) in [6.07, 6.45) is 3.03. The Hall–Kier alpha value is -1.93. The quantitative estimate of drug-likeness (QED) is 0.637. The third-order valence-electron chi connectivity index (χ3n) is 2.66. The summed E-state index contributed by atoms with van der Waals surface area (Å²) in [6, 6.07) is 3.28. The van der Waals surface area contributed by atoms with Gasteiger partial charge < -0.3 is 0 Å². The fraction of sp³-hybridized carbons (Fsp3) is 0.182. The van der Waals surface area contributed by atoms with Crippen molar-refractivity contribution < 1.29 is 13.3 Å². The Balaban J connectivity index is 2.66. The molecule has 0 aliphatic carbocycles. The summed E-state index contributed by atoms with van der Waals surface area (Å²) in [4.78, 5) is 13.7. The lowest BCUT2D eigenvalue weighted by atomic mass is 10.3. The Morgan fingerprint density at radius 1 is 1.45 bits per heavy atom. The molecule has 1 aromatic carbocycles. The number of nitro benzene ring substituents is 1. The number of nitro groups is 1. The molecule has 1 aromatic heterocycles. The molecule has 0 saturated heterocycles. The maximum atomic E-state index is 12.5. The average molecular weight is 316 g/mol. The van der Waals surface area contributed by atoms with Crippen molar-refractivity contribution in [1.29, 1.82) is 0 Å². The van der Waals surface area contributed by atoms with Gasteiger partial charge in [0.2, 0.25) is 0 Å². The minimum Gasteiger partial charge on any atom is -0.258 e. The molecule has 0 atom stereocenters. The van der Waals surface area contributed by atoms with Gasteiger partial charge in [0.1, 0.15) is 10.7 Å². The van der Waals surface area contributed by atoms with E-state index in [0.717, 1.165) is 16.1 Å². The lowest BCUT2D eigenvalue weighted by molar-refractivity contribution is -0.385. The van der Waals surface area contributed by atoms with E-state index in [9.17, 15) is 18.5 Å². The molecule has 7 nitrogen and oxygen atoms in total. The molecule has 0 aliphatic rings. The van der Waals surface area contributed by atoms with Gasteiger partial charge in [-0.1, -0.05) is 18.5 Å². The zero-order valence-electron chi connectivity index (χ0n) is 10.4. The van der Waals surface area contributed by atoms with Crippen LogP contribution in [0, 0.1) is 10.1 Å². The first kappa shape index (κ1) is 14.5. The number of hydrogen-bond acceptors (Lipinski definition) is 5. The number of aromatic nitrogens is 2. The van der Waals surface area contributed by atoms with Crippen LogP contribution in [0.3, 0.4) is 0 Å². The fourth-order valence-electron chi connectivity index (χ4n) is 1.70. The maximum Gasteiger partial charge on any atom is 0.270 e. The van der Waals surface area contributed by atoms with Crippen molar-refractivity contribution in [1.82, 2.24) is 8.96 Å². The highest BCUT2D eigenvalue weighted by atomic mass is 35.5. The molecule has 0 amide bonds. The second-order valence-corrected chi connectivity index (χ2v) is 6.06. The molecule has 106 valence electrons. The van der Waals surface area contributed by atoms with Crippen LogP contribution in [0.2, 0.25) is 5.02 Å². The van der Waals surface area contributed by atoms with Crippen LogP contribution < -0.4 is 0 Å². The Morgan fingerprint density at radius 3 is 2.75 bits per heavy atom. The fourth-order valence-corrected chi connectivity index (χ4v) is 3.57. The number of aryl methyl sites for hydroxylation is 1. The predicted octanol–water partition coefficient (Wildman–Crippen LogP) is 2.24. The van der Waals surface area contributed by atoms with E-state index in [1.165, 1.54) is 18.5 Å². The van der Waals surface area contributed by atoms with Crippen molar-refractivity contribution >= 4 is 27.3 Å². The monoisotopic (exact) mass is 315 g/mol. The van der Waals surface area contributed by atoms with E-state index < -0.39 is 14.9 Å². The van der Waals surface area contributed by atoms with Crippen molar-refractivity contribution in [3.05, 3.63) is 51.6 Å². The van der Waals surface area contributed by atoms with Gasteiger partial charge in [-0.2, -0.15) is 0 Å². The van der Waals surface area contributed by atoms with Crippen LogP contribution >= 0.6 is 11.6 Å². The normalized spacial score (nSPS) is 11.5. The molecule has 0 N–H and O–H groups in total. The Labute approximate surface area is 120 Å². The Bertz CT molecular complexity index is 770. The predicted molar refractivity (Wildman–Crippen MR) is 72.3 cm³/mol. The summed E-state index contributed by atoms with van der Waals surface area (Å²) >= 11 is 5.86. The van der Waals surface area contributed by atoms with Gasteiger partial charge in [0.15, 0.2) is 0 Å². The third-order valence-corrected chi connectivity index (χ3v) is 4.84. The van der Waals surface area contributed by atoms with Gasteiger partial charge in [0.05, 0.1) is 9.95 Å². The van der Waals surface area contributed by atoms with Crippen LogP contribution in [0.25, 0.3) is 0 Å². The van der Waals surface area contributed by atoms with Crippen molar-refractivity contribution in [2.24, 2.45) is 0 Å². The van der Waals surface area contributed by atoms with Crippen molar-refractivity contribution in [3.63, 3.8) is 0 Å². The number of nitrogens with zero attached hydrogens (tertiary/aromatic N) is 3. The standard InChI is InChI=1S/C11H10ClN3O4S/c1-2-11-13-5-6-14(11)20(18,19)10-7-8(15(16)17)3-4-9(10)12/h3-7H,2H2,1H3. The van der Waals surface area contributed by atoms with Crippen LogP contribution in [-0.4, -0.2) is 22.3 Å². The number of halogens is 1. The largest absolute Gasteiger partial charge is 0.270 e. The zero-order chi connectivity index (χ0) is 14.9. The number of non-ortho nitro benzene ring substituents is 1. The van der Waals surface area contributed by atoms with E-state index in [-0.39, 0.29) is 15.6 Å². The second kappa shape index (κ2) is 5.22. The van der Waals surface area contributed by atoms with Gasteiger partial charge >= 0.3 is 0 Å². The van der Waals surface area contributed by atoms with E-state index in [2.05, 4.69) is 4.98 Å². The van der Waals surface area contributed by atoms with Crippen LogP contribution in [0.4, 0.5) is 5.69 Å². The van der Waals surface area contributed by atoms with E-state index in [1.54, 1.807) is 6.92 Å². The molecule has 0 unspecified atom stereocenters. The van der Waals surface area contributed by atoms with Gasteiger partial charge in [0.25, 0.3) is 15.7 Å². The van der Waals surface area contributed by atoms with Gasteiger partial charge in [-0.3, -0.25) is 10.1 Å². The third kappa shape index (κ3) is 2.39. The number of rotatable bonds is 4. The van der Waals surface area contributed by atoms with E-state index >= 15 is 0 Å². The smallest absolute Gasteiger partial charge is 0.258 e. The molecule has 20 heavy (non-hydrogen) atoms. The summed E-state index contributed by atoms with van der Waals surface area (Å²) in [7, 11) is -4.01. The average Bonchev–Trinajstić information content (AvgIpc) is 2.87. The zero-order valence-corrected chi connectivity index (χ0v) is 11.9. The second-order valence-electron chi connectivity index (χ2n) is 3.87. The minimum absolute atomic E-state index is 0.0775.